The Bertz CT molecular complexity index is 680. The average Bonchev–Trinajstić information content (AvgIpc) is 2.86. The van der Waals surface area contributed by atoms with Crippen molar-refractivity contribution in [3.63, 3.8) is 0 Å². The lowest BCUT2D eigenvalue weighted by Gasteiger charge is -2.55. The highest BCUT2D eigenvalue weighted by atomic mass is 16.5. The molecule has 0 aromatic rings. The second-order valence-corrected chi connectivity index (χ2v) is 9.12. The van der Waals surface area contributed by atoms with Crippen molar-refractivity contribution in [2.45, 2.75) is 64.4 Å². The molecule has 0 saturated heterocycles. The Kier molecular flexibility index (Phi) is 4.05. The van der Waals surface area contributed by atoms with Gasteiger partial charge in [0.1, 0.15) is 0 Å². The zero-order valence-electron chi connectivity index (χ0n) is 16.0. The third-order valence-electron chi connectivity index (χ3n) is 8.22. The highest BCUT2D eigenvalue weighted by Gasteiger charge is 2.61. The third-order valence-corrected chi connectivity index (χ3v) is 8.22. The van der Waals surface area contributed by atoms with Crippen LogP contribution in [-0.4, -0.2) is 17.8 Å². The summed E-state index contributed by atoms with van der Waals surface area (Å²) in [7, 11) is 1.80. The normalized spacial score (nSPS) is 45.7. The van der Waals surface area contributed by atoms with Crippen LogP contribution in [0.3, 0.4) is 0 Å². The van der Waals surface area contributed by atoms with Crippen LogP contribution in [0.1, 0.15) is 58.8 Å². The van der Waals surface area contributed by atoms with Gasteiger partial charge in [-0.15, -0.1) is 5.73 Å². The van der Waals surface area contributed by atoms with Crippen LogP contribution in [0.5, 0.6) is 0 Å². The number of ether oxygens (including phenoxy) is 1. The van der Waals surface area contributed by atoms with E-state index in [1.54, 1.807) is 18.3 Å². The molecule has 136 valence electrons. The first-order chi connectivity index (χ1) is 11.9. The van der Waals surface area contributed by atoms with Crippen LogP contribution in [0.15, 0.2) is 41.4 Å². The molecule has 0 radical (unpaired) electrons. The summed E-state index contributed by atoms with van der Waals surface area (Å²) in [5.41, 5.74) is 5.52. The fraction of sp³-hybridized carbons (Fsp3) is 0.696. The zero-order valence-corrected chi connectivity index (χ0v) is 16.0. The molecular formula is C23H32O2. The van der Waals surface area contributed by atoms with Crippen molar-refractivity contribution < 1.29 is 9.84 Å². The van der Waals surface area contributed by atoms with Gasteiger partial charge >= 0.3 is 0 Å². The fourth-order valence-electron chi connectivity index (χ4n) is 6.91. The van der Waals surface area contributed by atoms with Gasteiger partial charge in [-0.05, 0) is 74.3 Å². The molecule has 2 saturated carbocycles. The molecule has 2 heteroatoms. The summed E-state index contributed by atoms with van der Waals surface area (Å²) in [6.07, 6.45) is 11.8. The number of allylic oxidation sites excluding steroid dienone is 3. The van der Waals surface area contributed by atoms with E-state index in [4.69, 9.17) is 4.74 Å². The van der Waals surface area contributed by atoms with Crippen molar-refractivity contribution in [1.82, 2.24) is 0 Å². The Morgan fingerprint density at radius 1 is 1.36 bits per heavy atom. The van der Waals surface area contributed by atoms with E-state index < -0.39 is 5.60 Å². The minimum absolute atomic E-state index is 0.0205. The minimum Gasteiger partial charge on any atom is -0.501 e. The predicted octanol–water partition coefficient (Wildman–Crippen LogP) is 5.16. The topological polar surface area (TPSA) is 29.5 Å². The van der Waals surface area contributed by atoms with Gasteiger partial charge in [-0.2, -0.15) is 0 Å². The van der Waals surface area contributed by atoms with Gasteiger partial charge < -0.3 is 9.84 Å². The van der Waals surface area contributed by atoms with Crippen molar-refractivity contribution in [3.8, 4) is 0 Å². The number of hydrogen-bond donors (Lipinski definition) is 1. The van der Waals surface area contributed by atoms with Gasteiger partial charge in [0, 0.05) is 11.8 Å². The van der Waals surface area contributed by atoms with E-state index in [0.717, 1.165) is 37.9 Å². The van der Waals surface area contributed by atoms with E-state index in [1.165, 1.54) is 12.8 Å². The Labute approximate surface area is 152 Å². The first-order valence-electron chi connectivity index (χ1n) is 9.96. The summed E-state index contributed by atoms with van der Waals surface area (Å²) in [4.78, 5) is 0. The van der Waals surface area contributed by atoms with Gasteiger partial charge in [0.25, 0.3) is 0 Å². The molecule has 4 aliphatic carbocycles. The summed E-state index contributed by atoms with van der Waals surface area (Å²) in [6.45, 7) is 8.51. The molecule has 0 aliphatic heterocycles. The average molecular weight is 341 g/mol. The van der Waals surface area contributed by atoms with Crippen LogP contribution in [0.2, 0.25) is 0 Å². The van der Waals surface area contributed by atoms with E-state index >= 15 is 0 Å². The van der Waals surface area contributed by atoms with E-state index in [0.29, 0.717) is 23.7 Å². The summed E-state index contributed by atoms with van der Waals surface area (Å²) in [5.74, 6) is 3.87. The number of aliphatic hydroxyl groups is 1. The number of fused-ring (bicyclic) bond motifs is 4. The number of rotatable bonds is 2. The molecule has 0 amide bonds. The van der Waals surface area contributed by atoms with E-state index in [1.807, 2.05) is 6.08 Å². The largest absolute Gasteiger partial charge is 0.501 e. The maximum atomic E-state index is 11.3. The first kappa shape index (κ1) is 17.2. The number of hydrogen-bond acceptors (Lipinski definition) is 2. The van der Waals surface area contributed by atoms with Crippen LogP contribution in [0.4, 0.5) is 0 Å². The third kappa shape index (κ3) is 2.34. The summed E-state index contributed by atoms with van der Waals surface area (Å²) >= 11 is 0. The van der Waals surface area contributed by atoms with Crippen LogP contribution >= 0.6 is 0 Å². The smallest absolute Gasteiger partial charge is 0.0959 e. The second-order valence-electron chi connectivity index (χ2n) is 9.12. The zero-order chi connectivity index (χ0) is 17.8. The Morgan fingerprint density at radius 3 is 2.88 bits per heavy atom. The van der Waals surface area contributed by atoms with Gasteiger partial charge in [0.05, 0.1) is 18.5 Å². The SMILES string of the molecule is C=C=C[C@]1(O)CC[C@H]2[C@@H]3[C@H](C)CC4=C(CC=C(OC)C4)[C@H]3CC[C@@]21C. The van der Waals surface area contributed by atoms with Crippen molar-refractivity contribution >= 4 is 0 Å². The Hall–Kier alpha value is -1.24. The highest BCUT2D eigenvalue weighted by molar-refractivity contribution is 5.34. The Morgan fingerprint density at radius 2 is 2.16 bits per heavy atom. The molecular weight excluding hydrogens is 308 g/mol. The van der Waals surface area contributed by atoms with Crippen LogP contribution in [-0.2, 0) is 4.74 Å². The number of methoxy groups -OCH3 is 1. The Balaban J connectivity index is 1.67. The van der Waals surface area contributed by atoms with E-state index in [-0.39, 0.29) is 5.41 Å². The van der Waals surface area contributed by atoms with Crippen molar-refractivity contribution in [2.75, 3.05) is 7.11 Å². The molecule has 1 N–H and O–H groups in total. The summed E-state index contributed by atoms with van der Waals surface area (Å²) in [6, 6.07) is 0. The molecule has 0 aromatic heterocycles. The van der Waals surface area contributed by atoms with Crippen LogP contribution in [0, 0.1) is 29.1 Å². The molecule has 0 spiro atoms. The molecule has 0 unspecified atom stereocenters. The molecule has 0 heterocycles. The van der Waals surface area contributed by atoms with Gasteiger partial charge in [-0.3, -0.25) is 0 Å². The summed E-state index contributed by atoms with van der Waals surface area (Å²) < 4.78 is 5.53. The van der Waals surface area contributed by atoms with Gasteiger partial charge in [0.2, 0.25) is 0 Å². The maximum Gasteiger partial charge on any atom is 0.0959 e. The van der Waals surface area contributed by atoms with E-state index in [2.05, 4.69) is 32.2 Å². The highest BCUT2D eigenvalue weighted by Crippen LogP contribution is 2.65. The lowest BCUT2D eigenvalue weighted by molar-refractivity contribution is -0.0856. The molecule has 0 bridgehead atoms. The molecule has 0 aromatic carbocycles. The van der Waals surface area contributed by atoms with E-state index in [9.17, 15) is 5.11 Å². The lowest BCUT2D eigenvalue weighted by Crippen LogP contribution is -2.52. The van der Waals surface area contributed by atoms with Crippen molar-refractivity contribution in [3.05, 3.63) is 41.4 Å². The maximum absolute atomic E-state index is 11.3. The molecule has 25 heavy (non-hydrogen) atoms. The van der Waals surface area contributed by atoms with Gasteiger partial charge in [-0.1, -0.05) is 31.6 Å². The molecule has 4 rings (SSSR count). The molecule has 4 aliphatic rings. The quantitative estimate of drug-likeness (QED) is 0.555. The molecule has 2 fully saturated rings. The second kappa shape index (κ2) is 5.89. The standard InChI is InChI=1S/C23H32O2/c1-5-10-23(24)12-9-20-21-15(2)13-16-14-17(25-4)6-7-18(16)19(21)8-11-22(20,23)3/h6,10,15,19-21,24H,1,7-9,11-14H2,2-4H3/t15-,19-,20+,21-,22+,23+/m1/s1. The minimum atomic E-state index is -0.714. The molecule has 2 nitrogen and oxygen atoms in total. The monoisotopic (exact) mass is 340 g/mol. The summed E-state index contributed by atoms with van der Waals surface area (Å²) in [5, 5.41) is 11.3. The van der Waals surface area contributed by atoms with Crippen LogP contribution < -0.4 is 0 Å². The van der Waals surface area contributed by atoms with Gasteiger partial charge in [0.15, 0.2) is 0 Å². The predicted molar refractivity (Wildman–Crippen MR) is 101 cm³/mol. The van der Waals surface area contributed by atoms with Gasteiger partial charge in [-0.25, -0.2) is 0 Å². The van der Waals surface area contributed by atoms with Crippen LogP contribution in [0.25, 0.3) is 0 Å². The lowest BCUT2D eigenvalue weighted by atomic mass is 9.50. The first-order valence-corrected chi connectivity index (χ1v) is 9.96. The fourth-order valence-corrected chi connectivity index (χ4v) is 6.91. The van der Waals surface area contributed by atoms with Crippen molar-refractivity contribution in [1.29, 1.82) is 0 Å². The van der Waals surface area contributed by atoms with Crippen molar-refractivity contribution in [2.24, 2.45) is 29.1 Å². The molecule has 6 atom stereocenters.